The highest BCUT2D eigenvalue weighted by atomic mass is 32.2. The van der Waals surface area contributed by atoms with Gasteiger partial charge in [-0.3, -0.25) is 4.90 Å². The van der Waals surface area contributed by atoms with Crippen LogP contribution in [0, 0.1) is 0 Å². The second-order valence-electron chi connectivity index (χ2n) is 8.72. The first-order chi connectivity index (χ1) is 13.4. The lowest BCUT2D eigenvalue weighted by atomic mass is 9.75. The van der Waals surface area contributed by atoms with E-state index in [1.54, 1.807) is 4.31 Å². The fourth-order valence-electron chi connectivity index (χ4n) is 4.76. The first-order valence-corrected chi connectivity index (χ1v) is 11.8. The molecule has 2 aliphatic heterocycles. The topological polar surface area (TPSA) is 40.6 Å². The van der Waals surface area contributed by atoms with E-state index in [1.807, 2.05) is 18.2 Å². The molecule has 0 spiro atoms. The van der Waals surface area contributed by atoms with Gasteiger partial charge < -0.3 is 0 Å². The Morgan fingerprint density at radius 2 is 1.71 bits per heavy atom. The lowest BCUT2D eigenvalue weighted by Gasteiger charge is -2.49. The molecule has 0 aliphatic carbocycles. The number of aryl methyl sites for hydroxylation is 1. The van der Waals surface area contributed by atoms with Crippen LogP contribution in [0.3, 0.4) is 0 Å². The summed E-state index contributed by atoms with van der Waals surface area (Å²) in [6.45, 7) is 7.53. The summed E-state index contributed by atoms with van der Waals surface area (Å²) in [4.78, 5) is 2.47. The molecule has 0 bridgehead atoms. The lowest BCUT2D eigenvalue weighted by molar-refractivity contribution is 0.0807. The van der Waals surface area contributed by atoms with Crippen LogP contribution in [-0.2, 0) is 21.9 Å². The summed E-state index contributed by atoms with van der Waals surface area (Å²) in [5.74, 6) is 0.224. The second-order valence-corrected chi connectivity index (χ2v) is 10.8. The lowest BCUT2D eigenvalue weighted by Crippen LogP contribution is -2.56. The highest BCUT2D eigenvalue weighted by Gasteiger charge is 2.42. The largest absolute Gasteiger partial charge is 0.293 e. The van der Waals surface area contributed by atoms with Gasteiger partial charge in [-0.05, 0) is 29.5 Å². The average molecular weight is 399 g/mol. The minimum absolute atomic E-state index is 0.101. The number of fused-ring (bicyclic) bond motifs is 3. The van der Waals surface area contributed by atoms with Crippen LogP contribution < -0.4 is 0 Å². The van der Waals surface area contributed by atoms with Crippen molar-refractivity contribution in [3.63, 3.8) is 0 Å². The molecular weight excluding hydrogens is 368 g/mol. The fourth-order valence-corrected chi connectivity index (χ4v) is 6.26. The normalized spacial score (nSPS) is 22.4. The molecule has 150 valence electrons. The van der Waals surface area contributed by atoms with Crippen molar-refractivity contribution in [1.82, 2.24) is 9.21 Å². The molecule has 0 amide bonds. The molecule has 2 heterocycles. The Morgan fingerprint density at radius 1 is 1.00 bits per heavy atom. The predicted molar refractivity (Wildman–Crippen MR) is 114 cm³/mol. The Morgan fingerprint density at radius 3 is 2.50 bits per heavy atom. The van der Waals surface area contributed by atoms with Crippen molar-refractivity contribution in [1.29, 1.82) is 0 Å². The minimum atomic E-state index is -3.23. The van der Waals surface area contributed by atoms with E-state index in [1.165, 1.54) is 16.7 Å². The van der Waals surface area contributed by atoms with Crippen LogP contribution in [0.5, 0.6) is 0 Å². The molecule has 1 unspecified atom stereocenters. The molecule has 5 heteroatoms. The van der Waals surface area contributed by atoms with Gasteiger partial charge >= 0.3 is 0 Å². The third kappa shape index (κ3) is 3.88. The van der Waals surface area contributed by atoms with Crippen molar-refractivity contribution in [3.8, 4) is 0 Å². The zero-order valence-corrected chi connectivity index (χ0v) is 17.7. The molecule has 0 radical (unpaired) electrons. The van der Waals surface area contributed by atoms with E-state index in [9.17, 15) is 8.42 Å². The molecule has 0 N–H and O–H groups in total. The number of piperazine rings is 1. The molecule has 1 saturated heterocycles. The molecule has 2 aliphatic rings. The van der Waals surface area contributed by atoms with Gasteiger partial charge in [0.1, 0.15) is 0 Å². The number of sulfonamides is 1. The third-order valence-electron chi connectivity index (χ3n) is 6.21. The monoisotopic (exact) mass is 398 g/mol. The highest BCUT2D eigenvalue weighted by molar-refractivity contribution is 7.89. The van der Waals surface area contributed by atoms with Crippen LogP contribution in [0.15, 0.2) is 54.6 Å². The fraction of sp³-hybridized carbons (Fsp3) is 0.478. The average Bonchev–Trinajstić information content (AvgIpc) is 2.68. The highest BCUT2D eigenvalue weighted by Crippen LogP contribution is 2.41. The minimum Gasteiger partial charge on any atom is -0.293 e. The van der Waals surface area contributed by atoms with Crippen LogP contribution in [0.2, 0.25) is 0 Å². The maximum atomic E-state index is 13.0. The van der Waals surface area contributed by atoms with Gasteiger partial charge in [0.25, 0.3) is 0 Å². The Balaban J connectivity index is 1.46. The van der Waals surface area contributed by atoms with Crippen molar-refractivity contribution >= 4 is 10.0 Å². The summed E-state index contributed by atoms with van der Waals surface area (Å²) in [5.41, 5.74) is 3.96. The summed E-state index contributed by atoms with van der Waals surface area (Å²) in [6.07, 6.45) is 1.47. The van der Waals surface area contributed by atoms with E-state index in [-0.39, 0.29) is 17.2 Å². The first kappa shape index (κ1) is 19.6. The van der Waals surface area contributed by atoms with Crippen LogP contribution in [0.1, 0.15) is 43.0 Å². The van der Waals surface area contributed by atoms with Crippen LogP contribution in [0.25, 0.3) is 0 Å². The summed E-state index contributed by atoms with van der Waals surface area (Å²) in [7, 11) is -3.23. The van der Waals surface area contributed by atoms with Crippen LogP contribution in [0.4, 0.5) is 0 Å². The van der Waals surface area contributed by atoms with Crippen LogP contribution >= 0.6 is 0 Å². The smallest absolute Gasteiger partial charge is 0.214 e. The molecular formula is C23H30N2O2S. The number of nitrogens with zero attached hydrogens (tertiary/aromatic N) is 2. The molecule has 2 aromatic carbocycles. The van der Waals surface area contributed by atoms with Gasteiger partial charge in [-0.25, -0.2) is 8.42 Å². The van der Waals surface area contributed by atoms with Gasteiger partial charge in [-0.15, -0.1) is 0 Å². The van der Waals surface area contributed by atoms with E-state index in [4.69, 9.17) is 0 Å². The Bertz CT molecular complexity index is 925. The van der Waals surface area contributed by atoms with Crippen molar-refractivity contribution in [2.75, 3.05) is 31.9 Å². The number of rotatable bonds is 5. The zero-order valence-electron chi connectivity index (χ0n) is 16.8. The molecule has 28 heavy (non-hydrogen) atoms. The summed E-state index contributed by atoms with van der Waals surface area (Å²) >= 11 is 0. The molecule has 1 atom stereocenters. The quantitative estimate of drug-likeness (QED) is 0.773. The van der Waals surface area contributed by atoms with Crippen molar-refractivity contribution < 1.29 is 8.42 Å². The van der Waals surface area contributed by atoms with Gasteiger partial charge in [0.2, 0.25) is 10.0 Å². The number of hydrogen-bond acceptors (Lipinski definition) is 3. The second kappa shape index (κ2) is 7.62. The van der Waals surface area contributed by atoms with Crippen molar-refractivity contribution in [2.24, 2.45) is 0 Å². The predicted octanol–water partition coefficient (Wildman–Crippen LogP) is 3.60. The summed E-state index contributed by atoms with van der Waals surface area (Å²) in [5, 5.41) is 0. The zero-order chi connectivity index (χ0) is 19.8. The van der Waals surface area contributed by atoms with Gasteiger partial charge in [-0.1, -0.05) is 68.4 Å². The maximum absolute atomic E-state index is 13.0. The molecule has 2 aromatic rings. The van der Waals surface area contributed by atoms with Crippen molar-refractivity contribution in [3.05, 3.63) is 71.3 Å². The van der Waals surface area contributed by atoms with Gasteiger partial charge in [-0.2, -0.15) is 4.31 Å². The SMILES string of the molecule is CC1(C)CN2CCN(S(=O)(=O)CCCc3ccccc3)CC2c2ccccc21. The number of hydrogen-bond donors (Lipinski definition) is 0. The Labute approximate surface area is 169 Å². The molecule has 1 fully saturated rings. The van der Waals surface area contributed by atoms with Gasteiger partial charge in [0, 0.05) is 37.6 Å². The van der Waals surface area contributed by atoms with E-state index < -0.39 is 10.0 Å². The molecule has 0 saturated carbocycles. The molecule has 4 nitrogen and oxygen atoms in total. The number of benzene rings is 2. The molecule has 4 rings (SSSR count). The summed E-state index contributed by atoms with van der Waals surface area (Å²) in [6, 6.07) is 18.8. The standard InChI is InChI=1S/C23H30N2O2S/c1-23(2)18-24-14-15-25(17-22(24)20-12-6-7-13-21(20)23)28(26,27)16-8-11-19-9-4-3-5-10-19/h3-7,9-10,12-13,22H,8,11,14-18H2,1-2H3. The molecule has 0 aromatic heterocycles. The van der Waals surface area contributed by atoms with E-state index in [0.717, 1.165) is 19.5 Å². The van der Waals surface area contributed by atoms with Crippen molar-refractivity contribution in [2.45, 2.75) is 38.1 Å². The van der Waals surface area contributed by atoms with E-state index in [2.05, 4.69) is 55.1 Å². The Hall–Kier alpha value is -1.69. The summed E-state index contributed by atoms with van der Waals surface area (Å²) < 4.78 is 27.7. The first-order valence-electron chi connectivity index (χ1n) is 10.2. The van der Waals surface area contributed by atoms with E-state index in [0.29, 0.717) is 19.5 Å². The Kier molecular flexibility index (Phi) is 5.34. The van der Waals surface area contributed by atoms with E-state index >= 15 is 0 Å². The van der Waals surface area contributed by atoms with Gasteiger partial charge in [0.05, 0.1) is 5.75 Å². The third-order valence-corrected chi connectivity index (χ3v) is 8.13. The van der Waals surface area contributed by atoms with Gasteiger partial charge in [0.15, 0.2) is 0 Å². The maximum Gasteiger partial charge on any atom is 0.214 e. The van der Waals surface area contributed by atoms with Crippen LogP contribution in [-0.4, -0.2) is 49.6 Å².